The van der Waals surface area contributed by atoms with Crippen LogP contribution in [0.15, 0.2) is 30.3 Å². The molecule has 4 amide bonds. The Hall–Kier alpha value is -3.46. The molecule has 32 heavy (non-hydrogen) atoms. The van der Waals surface area contributed by atoms with Crippen LogP contribution in [0.3, 0.4) is 0 Å². The zero-order valence-corrected chi connectivity index (χ0v) is 18.0. The van der Waals surface area contributed by atoms with E-state index in [1.54, 1.807) is 13.0 Å². The van der Waals surface area contributed by atoms with E-state index in [4.69, 9.17) is 16.3 Å². The van der Waals surface area contributed by atoms with Gasteiger partial charge in [0.1, 0.15) is 17.6 Å². The number of benzene rings is 2. The standard InChI is InChI=1S/C22H19ClFN3O5/c1-11-7-16(24)18(9-15(11)23)26(2)22(31)32-13-4-3-12-10-27(21(30)14(12)8-13)17-5-6-19(28)25-20(17)29/h3-4,7-9,17H,5-6,10H2,1-2H3,(H,25,28,29). The lowest BCUT2D eigenvalue weighted by atomic mass is 10.0. The van der Waals surface area contributed by atoms with Crippen molar-refractivity contribution in [2.75, 3.05) is 11.9 Å². The summed E-state index contributed by atoms with van der Waals surface area (Å²) in [4.78, 5) is 51.3. The van der Waals surface area contributed by atoms with Crippen LogP contribution >= 0.6 is 11.6 Å². The maximum absolute atomic E-state index is 14.3. The molecule has 1 fully saturated rings. The van der Waals surface area contributed by atoms with Gasteiger partial charge < -0.3 is 9.64 Å². The third-order valence-electron chi connectivity index (χ3n) is 5.57. The van der Waals surface area contributed by atoms with Crippen LogP contribution < -0.4 is 15.0 Å². The van der Waals surface area contributed by atoms with E-state index in [1.165, 1.54) is 36.2 Å². The van der Waals surface area contributed by atoms with Gasteiger partial charge in [-0.2, -0.15) is 0 Å². The second-order valence-corrected chi connectivity index (χ2v) is 8.11. The molecule has 0 spiro atoms. The number of piperidine rings is 1. The Balaban J connectivity index is 1.50. The predicted molar refractivity (Wildman–Crippen MR) is 113 cm³/mol. The largest absolute Gasteiger partial charge is 0.419 e. The minimum atomic E-state index is -0.865. The Bertz CT molecular complexity index is 1170. The summed E-state index contributed by atoms with van der Waals surface area (Å²) >= 11 is 6.04. The SMILES string of the molecule is Cc1cc(F)c(N(C)C(=O)Oc2ccc3c(c2)C(=O)N(C2CCC(=O)NC2=O)C3)cc1Cl. The zero-order valence-electron chi connectivity index (χ0n) is 17.3. The fraction of sp³-hybridized carbons (Fsp3) is 0.273. The molecule has 2 aliphatic rings. The molecule has 0 bridgehead atoms. The van der Waals surface area contributed by atoms with Gasteiger partial charge in [-0.25, -0.2) is 9.18 Å². The highest BCUT2D eigenvalue weighted by Gasteiger charge is 2.39. The second kappa shape index (κ2) is 8.23. The van der Waals surface area contributed by atoms with Gasteiger partial charge in [0.05, 0.1) is 5.69 Å². The first kappa shape index (κ1) is 21.8. The summed E-state index contributed by atoms with van der Waals surface area (Å²) in [6.45, 7) is 1.86. The number of ether oxygens (including phenoxy) is 1. The number of imide groups is 1. The average Bonchev–Trinajstić information content (AvgIpc) is 3.06. The van der Waals surface area contributed by atoms with Crippen LogP contribution in [0.25, 0.3) is 0 Å². The van der Waals surface area contributed by atoms with E-state index in [9.17, 15) is 23.6 Å². The van der Waals surface area contributed by atoms with Gasteiger partial charge >= 0.3 is 6.09 Å². The lowest BCUT2D eigenvalue weighted by Gasteiger charge is -2.29. The number of hydrogen-bond acceptors (Lipinski definition) is 5. The van der Waals surface area contributed by atoms with E-state index in [-0.39, 0.29) is 36.7 Å². The first-order valence-electron chi connectivity index (χ1n) is 9.84. The summed E-state index contributed by atoms with van der Waals surface area (Å²) in [6, 6.07) is 6.37. The van der Waals surface area contributed by atoms with Crippen molar-refractivity contribution in [3.05, 3.63) is 57.9 Å². The lowest BCUT2D eigenvalue weighted by molar-refractivity contribution is -0.136. The van der Waals surface area contributed by atoms with Gasteiger partial charge in [-0.05, 0) is 48.7 Å². The predicted octanol–water partition coefficient (Wildman–Crippen LogP) is 3.18. The van der Waals surface area contributed by atoms with Crippen molar-refractivity contribution in [3.63, 3.8) is 0 Å². The molecule has 1 atom stereocenters. The summed E-state index contributed by atoms with van der Waals surface area (Å²) in [5, 5.41) is 2.55. The van der Waals surface area contributed by atoms with Crippen molar-refractivity contribution in [2.24, 2.45) is 0 Å². The van der Waals surface area contributed by atoms with E-state index in [2.05, 4.69) is 5.32 Å². The highest BCUT2D eigenvalue weighted by molar-refractivity contribution is 6.31. The van der Waals surface area contributed by atoms with Gasteiger partial charge in [0, 0.05) is 30.6 Å². The van der Waals surface area contributed by atoms with Gasteiger partial charge in [0.15, 0.2) is 0 Å². The number of nitrogens with one attached hydrogen (secondary N) is 1. The molecule has 166 valence electrons. The summed E-state index contributed by atoms with van der Waals surface area (Å²) in [6.07, 6.45) is -0.455. The fourth-order valence-electron chi connectivity index (χ4n) is 3.76. The molecule has 2 aromatic carbocycles. The lowest BCUT2D eigenvalue weighted by Crippen LogP contribution is -2.52. The normalized spacial score (nSPS) is 17.8. The first-order valence-corrected chi connectivity index (χ1v) is 10.2. The van der Waals surface area contributed by atoms with Crippen LogP contribution in [0.5, 0.6) is 5.75 Å². The van der Waals surface area contributed by atoms with E-state index >= 15 is 0 Å². The number of hydrogen-bond donors (Lipinski definition) is 1. The van der Waals surface area contributed by atoms with Gasteiger partial charge in [0.2, 0.25) is 11.8 Å². The number of nitrogens with zero attached hydrogens (tertiary/aromatic N) is 2. The molecule has 0 saturated carbocycles. The molecule has 1 N–H and O–H groups in total. The number of halogens is 2. The quantitative estimate of drug-likeness (QED) is 0.711. The van der Waals surface area contributed by atoms with Crippen LogP contribution in [-0.2, 0) is 16.1 Å². The van der Waals surface area contributed by atoms with Crippen LogP contribution in [0.2, 0.25) is 5.02 Å². The molecule has 2 aliphatic heterocycles. The molecule has 1 saturated heterocycles. The molecular weight excluding hydrogens is 441 g/mol. The topological polar surface area (TPSA) is 96.0 Å². The number of rotatable bonds is 3. The van der Waals surface area contributed by atoms with E-state index in [0.29, 0.717) is 21.7 Å². The molecule has 8 nitrogen and oxygen atoms in total. The van der Waals surface area contributed by atoms with Gasteiger partial charge in [0.25, 0.3) is 5.91 Å². The van der Waals surface area contributed by atoms with Crippen LogP contribution in [0, 0.1) is 12.7 Å². The molecule has 0 radical (unpaired) electrons. The molecule has 10 heteroatoms. The number of amides is 4. The van der Waals surface area contributed by atoms with E-state index < -0.39 is 29.8 Å². The van der Waals surface area contributed by atoms with Crippen molar-refractivity contribution >= 4 is 41.1 Å². The summed E-state index contributed by atoms with van der Waals surface area (Å²) in [5.74, 6) is -1.79. The maximum Gasteiger partial charge on any atom is 0.419 e. The summed E-state index contributed by atoms with van der Waals surface area (Å²) in [7, 11) is 1.34. The van der Waals surface area contributed by atoms with Gasteiger partial charge in [-0.15, -0.1) is 0 Å². The summed E-state index contributed by atoms with van der Waals surface area (Å²) < 4.78 is 19.6. The van der Waals surface area contributed by atoms with Crippen molar-refractivity contribution in [3.8, 4) is 5.75 Å². The van der Waals surface area contributed by atoms with Gasteiger partial charge in [-0.3, -0.25) is 24.6 Å². The summed E-state index contributed by atoms with van der Waals surface area (Å²) in [5.41, 5.74) is 1.45. The van der Waals surface area contributed by atoms with Crippen molar-refractivity contribution < 1.29 is 28.3 Å². The Morgan fingerprint density at radius 3 is 2.72 bits per heavy atom. The Labute approximate surface area is 187 Å². The molecule has 2 heterocycles. The number of carbonyl (C=O) groups is 4. The number of aryl methyl sites for hydroxylation is 1. The first-order chi connectivity index (χ1) is 15.2. The molecule has 4 rings (SSSR count). The third kappa shape index (κ3) is 3.91. The second-order valence-electron chi connectivity index (χ2n) is 7.70. The van der Waals surface area contributed by atoms with Crippen molar-refractivity contribution in [1.29, 1.82) is 0 Å². The number of carbonyl (C=O) groups excluding carboxylic acids is 4. The fourth-order valence-corrected chi connectivity index (χ4v) is 3.92. The third-order valence-corrected chi connectivity index (χ3v) is 5.98. The minimum absolute atomic E-state index is 0.0492. The maximum atomic E-state index is 14.3. The van der Waals surface area contributed by atoms with Gasteiger partial charge in [-0.1, -0.05) is 17.7 Å². The average molecular weight is 460 g/mol. The molecule has 0 aromatic heterocycles. The number of fused-ring (bicyclic) bond motifs is 1. The Kier molecular flexibility index (Phi) is 5.60. The van der Waals surface area contributed by atoms with E-state index in [1.807, 2.05) is 0 Å². The smallest absolute Gasteiger partial charge is 0.410 e. The highest BCUT2D eigenvalue weighted by atomic mass is 35.5. The molecule has 2 aromatic rings. The van der Waals surface area contributed by atoms with Crippen LogP contribution in [-0.4, -0.2) is 41.8 Å². The van der Waals surface area contributed by atoms with Crippen LogP contribution in [0.1, 0.15) is 34.3 Å². The Morgan fingerprint density at radius 2 is 2.00 bits per heavy atom. The molecular formula is C22H19ClFN3O5. The molecule has 0 aliphatic carbocycles. The number of anilines is 1. The Morgan fingerprint density at radius 1 is 1.25 bits per heavy atom. The van der Waals surface area contributed by atoms with Crippen molar-refractivity contribution in [2.45, 2.75) is 32.4 Å². The monoisotopic (exact) mass is 459 g/mol. The molecule has 1 unspecified atom stereocenters. The zero-order chi connectivity index (χ0) is 23.2. The van der Waals surface area contributed by atoms with E-state index in [0.717, 1.165) is 4.90 Å². The van der Waals surface area contributed by atoms with Crippen LogP contribution in [0.4, 0.5) is 14.9 Å². The van der Waals surface area contributed by atoms with Crippen molar-refractivity contribution in [1.82, 2.24) is 10.2 Å². The highest BCUT2D eigenvalue weighted by Crippen LogP contribution is 2.31. The minimum Gasteiger partial charge on any atom is -0.410 e.